The van der Waals surface area contributed by atoms with E-state index in [1.165, 1.54) is 47.3 Å². The van der Waals surface area contributed by atoms with Crippen molar-refractivity contribution in [2.45, 2.75) is 50.7 Å². The van der Waals surface area contributed by atoms with Crippen LogP contribution in [0.25, 0.3) is 27.6 Å². The first kappa shape index (κ1) is 38.7. The maximum atomic E-state index is 14.0. The van der Waals surface area contributed by atoms with Crippen molar-refractivity contribution in [2.24, 2.45) is 0 Å². The molecule has 5 aromatic rings. The van der Waals surface area contributed by atoms with Crippen molar-refractivity contribution in [3.05, 3.63) is 124 Å². The van der Waals surface area contributed by atoms with Crippen molar-refractivity contribution < 1.29 is 35.4 Å². The van der Waals surface area contributed by atoms with Crippen LogP contribution in [0.4, 0.5) is 23.7 Å². The highest BCUT2D eigenvalue weighted by atomic mass is 32.2. The third-order valence-electron chi connectivity index (χ3n) is 9.63. The lowest BCUT2D eigenvalue weighted by Crippen LogP contribution is -2.57. The van der Waals surface area contributed by atoms with Gasteiger partial charge in [-0.1, -0.05) is 36.4 Å². The third-order valence-corrected chi connectivity index (χ3v) is 10.5. The summed E-state index contributed by atoms with van der Waals surface area (Å²) in [5.41, 5.74) is 0.176. The number of quaternary nitrogens is 1. The van der Waals surface area contributed by atoms with Gasteiger partial charge in [-0.3, -0.25) is 4.57 Å². The monoisotopic (exact) mass is 749 g/mol. The number of likely N-dealkylation sites (tertiary alicyclic amines) is 1. The van der Waals surface area contributed by atoms with Gasteiger partial charge in [-0.15, -0.1) is 0 Å². The van der Waals surface area contributed by atoms with Gasteiger partial charge in [0.1, 0.15) is 15.8 Å². The van der Waals surface area contributed by atoms with E-state index >= 15 is 0 Å². The van der Waals surface area contributed by atoms with Gasteiger partial charge in [0.15, 0.2) is 5.69 Å². The molecule has 2 aromatic heterocycles. The standard InChI is InChI=1S/C31H32F3N7O2.C6H6O3S/c1-5-41(6-2)18-15-24(16-19-41)37-29(42)39-28(27-14-17-36-40(27)25-12-10-23(35-4)11-13-25)21(3)38(30(39)43)26-9-7-8-22(20-26)31(32,33)34;7-10(8,9)6-4-2-1-3-5-6/h7-14,17,20,24H,5-6,15-16,18-19H2,1-3H3;1-5H,(H,7,8,9). The lowest BCUT2D eigenvalue weighted by Gasteiger charge is -2.42. The van der Waals surface area contributed by atoms with Crippen LogP contribution in [-0.4, -0.2) is 74.6 Å². The summed E-state index contributed by atoms with van der Waals surface area (Å²) in [6, 6.07) is 19.1. The molecule has 6 rings (SSSR count). The highest BCUT2D eigenvalue weighted by molar-refractivity contribution is 7.85. The first-order chi connectivity index (χ1) is 25.1. The number of imidazole rings is 1. The van der Waals surface area contributed by atoms with Gasteiger partial charge in [-0.05, 0) is 69.3 Å². The van der Waals surface area contributed by atoms with Crippen molar-refractivity contribution >= 4 is 21.8 Å². The summed E-state index contributed by atoms with van der Waals surface area (Å²) in [6.07, 6.45) is -1.61. The largest absolute Gasteiger partial charge is 0.744 e. The number of rotatable bonds is 7. The molecule has 0 bridgehead atoms. The minimum absolute atomic E-state index is 0.0109. The summed E-state index contributed by atoms with van der Waals surface area (Å²) in [7, 11) is -4.25. The SMILES string of the molecule is O=S(=O)([O-])c1ccccc1.[C-]#[N+]c1ccc(-n2nccc2-c2c(C)n(-c3cccc(C(F)(F)F)c3)c(=O)n2C(=O)NC2CC[N+](CC)(CC)CC2)cc1. The summed E-state index contributed by atoms with van der Waals surface area (Å²) in [5, 5.41) is 7.42. The molecule has 0 atom stereocenters. The van der Waals surface area contributed by atoms with Crippen molar-refractivity contribution in [1.29, 1.82) is 0 Å². The van der Waals surface area contributed by atoms with Gasteiger partial charge in [0.25, 0.3) is 0 Å². The number of carbonyl (C=O) groups excluding carboxylic acids is 1. The number of piperidine rings is 1. The first-order valence-electron chi connectivity index (χ1n) is 16.8. The van der Waals surface area contributed by atoms with Gasteiger partial charge >= 0.3 is 17.9 Å². The fourth-order valence-electron chi connectivity index (χ4n) is 6.52. The summed E-state index contributed by atoms with van der Waals surface area (Å²) in [6.45, 7) is 16.9. The molecule has 1 aliphatic heterocycles. The number of amides is 1. The minimum Gasteiger partial charge on any atom is -0.744 e. The molecule has 1 fully saturated rings. The number of nitrogens with one attached hydrogen (secondary N) is 1. The van der Waals surface area contributed by atoms with E-state index in [9.17, 15) is 35.7 Å². The van der Waals surface area contributed by atoms with E-state index < -0.39 is 33.6 Å². The first-order valence-corrected chi connectivity index (χ1v) is 18.2. The van der Waals surface area contributed by atoms with Gasteiger partial charge < -0.3 is 14.4 Å². The zero-order valence-corrected chi connectivity index (χ0v) is 30.1. The number of nitrogens with zero attached hydrogens (tertiary/aromatic N) is 6. The van der Waals surface area contributed by atoms with E-state index in [-0.39, 0.29) is 28.0 Å². The number of benzene rings is 3. The van der Waals surface area contributed by atoms with Crippen LogP contribution in [0.1, 0.15) is 37.9 Å². The van der Waals surface area contributed by atoms with E-state index in [4.69, 9.17) is 6.57 Å². The van der Waals surface area contributed by atoms with Gasteiger partial charge in [0.05, 0.1) is 72.2 Å². The predicted molar refractivity (Wildman–Crippen MR) is 191 cm³/mol. The van der Waals surface area contributed by atoms with Crippen LogP contribution in [0.3, 0.4) is 0 Å². The number of hydrogen-bond donors (Lipinski definition) is 1. The highest BCUT2D eigenvalue weighted by Crippen LogP contribution is 2.32. The van der Waals surface area contributed by atoms with Crippen LogP contribution >= 0.6 is 0 Å². The average molecular weight is 750 g/mol. The Bertz CT molecular complexity index is 2280. The fraction of sp³-hybridized carbons (Fsp3) is 0.297. The lowest BCUT2D eigenvalue weighted by atomic mass is 10.0. The molecule has 3 aromatic carbocycles. The molecule has 1 N–H and O–H groups in total. The molecule has 53 heavy (non-hydrogen) atoms. The Kier molecular flexibility index (Phi) is 11.4. The molecule has 1 saturated heterocycles. The van der Waals surface area contributed by atoms with Gasteiger partial charge in [0, 0.05) is 18.9 Å². The van der Waals surface area contributed by atoms with E-state index in [2.05, 4.69) is 29.1 Å². The second-order valence-electron chi connectivity index (χ2n) is 12.6. The smallest absolute Gasteiger partial charge is 0.416 e. The van der Waals surface area contributed by atoms with Crippen molar-refractivity contribution in [3.8, 4) is 22.8 Å². The van der Waals surface area contributed by atoms with Crippen molar-refractivity contribution in [1.82, 2.24) is 24.2 Å². The summed E-state index contributed by atoms with van der Waals surface area (Å²) < 4.78 is 76.2. The van der Waals surface area contributed by atoms with Gasteiger partial charge in [-0.2, -0.15) is 18.3 Å². The molecular weight excluding hydrogens is 712 g/mol. The van der Waals surface area contributed by atoms with E-state index in [0.29, 0.717) is 17.1 Å². The molecule has 16 heteroatoms. The zero-order valence-electron chi connectivity index (χ0n) is 29.2. The Labute approximate surface area is 304 Å². The normalized spacial score (nSPS) is 14.5. The fourth-order valence-corrected chi connectivity index (χ4v) is 7.01. The topological polar surface area (TPSA) is 135 Å². The van der Waals surface area contributed by atoms with E-state index in [1.807, 2.05) is 0 Å². The Hall–Kier alpha value is -5.50. The molecular formula is C37H38F3N7O5S. The molecule has 0 unspecified atom stereocenters. The second kappa shape index (κ2) is 15.6. The molecule has 278 valence electrons. The molecule has 3 heterocycles. The Morgan fingerprint density at radius 3 is 2.17 bits per heavy atom. The molecule has 0 saturated carbocycles. The second-order valence-corrected chi connectivity index (χ2v) is 14.0. The van der Waals surface area contributed by atoms with Crippen molar-refractivity contribution in [2.75, 3.05) is 26.2 Å². The molecule has 1 aliphatic rings. The maximum absolute atomic E-state index is 14.0. The van der Waals surface area contributed by atoms with E-state index in [0.717, 1.165) is 64.8 Å². The van der Waals surface area contributed by atoms with Crippen LogP contribution in [0.15, 0.2) is 101 Å². The molecule has 0 radical (unpaired) electrons. The highest BCUT2D eigenvalue weighted by Gasteiger charge is 2.34. The van der Waals surface area contributed by atoms with Crippen LogP contribution in [0.2, 0.25) is 0 Å². The quantitative estimate of drug-likeness (QED) is 0.114. The Morgan fingerprint density at radius 1 is 0.981 bits per heavy atom. The third kappa shape index (κ3) is 8.43. The van der Waals surface area contributed by atoms with Crippen LogP contribution in [0.5, 0.6) is 0 Å². The summed E-state index contributed by atoms with van der Waals surface area (Å²) in [5.74, 6) is 0. The number of carbonyl (C=O) groups is 1. The number of hydrogen-bond acceptors (Lipinski definition) is 6. The number of alkyl halides is 3. The van der Waals surface area contributed by atoms with Crippen molar-refractivity contribution in [3.63, 3.8) is 0 Å². The maximum Gasteiger partial charge on any atom is 0.416 e. The minimum atomic E-state index is -4.61. The number of aromatic nitrogens is 4. The molecule has 1 amide bonds. The van der Waals surface area contributed by atoms with E-state index in [1.54, 1.807) is 43.3 Å². The molecule has 0 aliphatic carbocycles. The van der Waals surface area contributed by atoms with Crippen LogP contribution in [0, 0.1) is 13.5 Å². The molecule has 0 spiro atoms. The van der Waals surface area contributed by atoms with Gasteiger partial charge in [-0.25, -0.2) is 32.1 Å². The lowest BCUT2D eigenvalue weighted by molar-refractivity contribution is -0.929. The predicted octanol–water partition coefficient (Wildman–Crippen LogP) is 6.54. The van der Waals surface area contributed by atoms with Crippen LogP contribution in [-0.2, 0) is 16.3 Å². The molecule has 12 nitrogen and oxygen atoms in total. The Balaban J connectivity index is 0.000000469. The summed E-state index contributed by atoms with van der Waals surface area (Å²) >= 11 is 0. The summed E-state index contributed by atoms with van der Waals surface area (Å²) in [4.78, 5) is 31.1. The average Bonchev–Trinajstić information content (AvgIpc) is 3.73. The number of halogens is 3. The zero-order chi connectivity index (χ0) is 38.6. The Morgan fingerprint density at radius 2 is 1.62 bits per heavy atom. The van der Waals surface area contributed by atoms with Crippen LogP contribution < -0.4 is 11.0 Å². The van der Waals surface area contributed by atoms with Gasteiger partial charge in [0.2, 0.25) is 0 Å².